The lowest BCUT2D eigenvalue weighted by atomic mass is 9.83. The number of halogens is 2. The number of rotatable bonds is 8. The normalized spacial score (nSPS) is 16.0. The van der Waals surface area contributed by atoms with Gasteiger partial charge in [-0.25, -0.2) is 4.39 Å². The molecule has 0 aliphatic carbocycles. The maximum atomic E-state index is 13.2. The Balaban J connectivity index is 3.04. The molecule has 0 aromatic heterocycles. The van der Waals surface area contributed by atoms with Crippen molar-refractivity contribution >= 4 is 11.6 Å². The number of likely N-dealkylation sites (N-methyl/N-ethyl adjacent to an activating group) is 2. The average Bonchev–Trinajstić information content (AvgIpc) is 2.47. The molecule has 0 amide bonds. The van der Waals surface area contributed by atoms with Crippen LogP contribution in [0.1, 0.15) is 39.7 Å². The highest BCUT2D eigenvalue weighted by Gasteiger charge is 2.36. The summed E-state index contributed by atoms with van der Waals surface area (Å²) in [5.41, 5.74) is 1.03. The van der Waals surface area contributed by atoms with E-state index in [4.69, 9.17) is 11.6 Å². The van der Waals surface area contributed by atoms with Gasteiger partial charge < -0.3 is 5.32 Å². The summed E-state index contributed by atoms with van der Waals surface area (Å²) in [4.78, 5) is 2.48. The maximum Gasteiger partial charge on any atom is 0.124 e. The van der Waals surface area contributed by atoms with Gasteiger partial charge in [-0.1, -0.05) is 38.4 Å². The maximum absolute atomic E-state index is 13.2. The van der Waals surface area contributed by atoms with Crippen LogP contribution >= 0.6 is 11.6 Å². The van der Waals surface area contributed by atoms with Crippen LogP contribution < -0.4 is 5.32 Å². The molecule has 0 spiro atoms. The van der Waals surface area contributed by atoms with E-state index in [1.807, 2.05) is 7.05 Å². The van der Waals surface area contributed by atoms with Gasteiger partial charge in [0.15, 0.2) is 0 Å². The first-order valence-corrected chi connectivity index (χ1v) is 8.16. The molecule has 0 heterocycles. The van der Waals surface area contributed by atoms with Crippen LogP contribution in [-0.4, -0.2) is 36.6 Å². The van der Waals surface area contributed by atoms with Crippen LogP contribution in [0.5, 0.6) is 0 Å². The van der Waals surface area contributed by atoms with Crippen LogP contribution in [-0.2, 0) is 6.42 Å². The second kappa shape index (κ2) is 8.11. The molecule has 4 heteroatoms. The van der Waals surface area contributed by atoms with Crippen molar-refractivity contribution < 1.29 is 4.39 Å². The minimum atomic E-state index is -0.285. The molecule has 1 aromatic carbocycles. The van der Waals surface area contributed by atoms with E-state index in [-0.39, 0.29) is 17.4 Å². The minimum Gasteiger partial charge on any atom is -0.315 e. The summed E-state index contributed by atoms with van der Waals surface area (Å²) in [6.07, 6.45) is 1.83. The lowest BCUT2D eigenvalue weighted by Gasteiger charge is -2.46. The molecule has 0 saturated carbocycles. The van der Waals surface area contributed by atoms with Crippen LogP contribution in [0.2, 0.25) is 5.02 Å². The Bertz CT molecular complexity index is 448. The van der Waals surface area contributed by atoms with Crippen LogP contribution in [0.3, 0.4) is 0 Å². The van der Waals surface area contributed by atoms with Gasteiger partial charge in [-0.05, 0) is 57.6 Å². The van der Waals surface area contributed by atoms with E-state index in [0.29, 0.717) is 5.02 Å². The van der Waals surface area contributed by atoms with E-state index in [9.17, 15) is 4.39 Å². The van der Waals surface area contributed by atoms with Gasteiger partial charge in [0.2, 0.25) is 0 Å². The van der Waals surface area contributed by atoms with E-state index in [1.54, 1.807) is 6.07 Å². The Morgan fingerprint density at radius 1 is 1.29 bits per heavy atom. The molecular formula is C17H28ClFN2. The van der Waals surface area contributed by atoms with Gasteiger partial charge in [-0.2, -0.15) is 0 Å². The zero-order valence-electron chi connectivity index (χ0n) is 13.8. The third kappa shape index (κ3) is 4.18. The first-order valence-electron chi connectivity index (χ1n) is 7.79. The molecule has 1 N–H and O–H groups in total. The van der Waals surface area contributed by atoms with E-state index in [1.165, 1.54) is 12.1 Å². The van der Waals surface area contributed by atoms with Crippen molar-refractivity contribution in [2.75, 3.05) is 20.1 Å². The van der Waals surface area contributed by atoms with Crippen LogP contribution in [0.25, 0.3) is 0 Å². The van der Waals surface area contributed by atoms with Gasteiger partial charge in [0.05, 0.1) is 0 Å². The summed E-state index contributed by atoms with van der Waals surface area (Å²) in [5, 5.41) is 3.95. The van der Waals surface area contributed by atoms with Gasteiger partial charge in [0.25, 0.3) is 0 Å². The Labute approximate surface area is 133 Å². The molecule has 0 aliphatic heterocycles. The molecule has 2 unspecified atom stereocenters. The largest absolute Gasteiger partial charge is 0.315 e. The molecule has 1 rings (SSSR count). The zero-order valence-corrected chi connectivity index (χ0v) is 14.6. The fourth-order valence-corrected chi connectivity index (χ4v) is 3.42. The third-order valence-electron chi connectivity index (χ3n) is 4.74. The highest BCUT2D eigenvalue weighted by atomic mass is 35.5. The summed E-state index contributed by atoms with van der Waals surface area (Å²) in [6, 6.07) is 4.92. The molecule has 0 bridgehead atoms. The van der Waals surface area contributed by atoms with Crippen molar-refractivity contribution in [2.24, 2.45) is 0 Å². The second-order valence-electron chi connectivity index (χ2n) is 5.66. The lowest BCUT2D eigenvalue weighted by molar-refractivity contribution is 0.0730. The summed E-state index contributed by atoms with van der Waals surface area (Å²) in [5.74, 6) is -0.285. The molecule has 120 valence electrons. The highest BCUT2D eigenvalue weighted by Crippen LogP contribution is 2.28. The van der Waals surface area contributed by atoms with Crippen LogP contribution in [0.15, 0.2) is 18.2 Å². The van der Waals surface area contributed by atoms with Gasteiger partial charge in [-0.3, -0.25) is 4.90 Å². The number of nitrogens with one attached hydrogen (secondary N) is 1. The van der Waals surface area contributed by atoms with Gasteiger partial charge >= 0.3 is 0 Å². The molecule has 1 aromatic rings. The molecule has 0 aliphatic rings. The topological polar surface area (TPSA) is 15.3 Å². The number of hydrogen-bond acceptors (Lipinski definition) is 2. The molecule has 0 saturated heterocycles. The second-order valence-corrected chi connectivity index (χ2v) is 6.07. The standard InChI is InChI=1S/C17H28ClFN2/c1-6-17(4,21(7-2)8-3)16(20-5)11-13-9-10-14(19)12-15(13)18/h9-10,12,16,20H,6-8,11H2,1-5H3. The highest BCUT2D eigenvalue weighted by molar-refractivity contribution is 6.31. The van der Waals surface area contributed by atoms with Gasteiger partial charge in [0.1, 0.15) is 5.82 Å². The molecule has 2 nitrogen and oxygen atoms in total. The Hall–Kier alpha value is -0.640. The summed E-state index contributed by atoms with van der Waals surface area (Å²) < 4.78 is 13.2. The van der Waals surface area contributed by atoms with E-state index >= 15 is 0 Å². The average molecular weight is 315 g/mol. The fourth-order valence-electron chi connectivity index (χ4n) is 3.18. The van der Waals surface area contributed by atoms with Crippen molar-refractivity contribution in [3.63, 3.8) is 0 Å². The van der Waals surface area contributed by atoms with Crippen LogP contribution in [0.4, 0.5) is 4.39 Å². The molecular weight excluding hydrogens is 287 g/mol. The van der Waals surface area contributed by atoms with E-state index in [0.717, 1.165) is 31.5 Å². The number of benzene rings is 1. The van der Waals surface area contributed by atoms with E-state index < -0.39 is 0 Å². The van der Waals surface area contributed by atoms with Crippen LogP contribution in [0, 0.1) is 5.82 Å². The third-order valence-corrected chi connectivity index (χ3v) is 5.09. The number of hydrogen-bond donors (Lipinski definition) is 1. The smallest absolute Gasteiger partial charge is 0.124 e. The molecule has 0 radical (unpaired) electrons. The Kier molecular flexibility index (Phi) is 7.11. The lowest BCUT2D eigenvalue weighted by Crippen LogP contribution is -2.59. The molecule has 2 atom stereocenters. The van der Waals surface area contributed by atoms with Crippen molar-refractivity contribution in [3.8, 4) is 0 Å². The Morgan fingerprint density at radius 2 is 1.90 bits per heavy atom. The first-order chi connectivity index (χ1) is 9.92. The van der Waals surface area contributed by atoms with Gasteiger partial charge in [0, 0.05) is 16.6 Å². The monoisotopic (exact) mass is 314 g/mol. The fraction of sp³-hybridized carbons (Fsp3) is 0.647. The number of nitrogens with zero attached hydrogens (tertiary/aromatic N) is 1. The van der Waals surface area contributed by atoms with E-state index in [2.05, 4.69) is 37.9 Å². The summed E-state index contributed by atoms with van der Waals surface area (Å²) in [6.45, 7) is 10.9. The van der Waals surface area contributed by atoms with Crippen molar-refractivity contribution in [1.29, 1.82) is 0 Å². The quantitative estimate of drug-likeness (QED) is 0.776. The summed E-state index contributed by atoms with van der Waals surface area (Å²) in [7, 11) is 1.99. The summed E-state index contributed by atoms with van der Waals surface area (Å²) >= 11 is 6.19. The SMILES string of the molecule is CCN(CC)C(C)(CC)C(Cc1ccc(F)cc1Cl)NC. The van der Waals surface area contributed by atoms with Crippen molar-refractivity contribution in [1.82, 2.24) is 10.2 Å². The zero-order chi connectivity index (χ0) is 16.0. The van der Waals surface area contributed by atoms with Crippen molar-refractivity contribution in [3.05, 3.63) is 34.6 Å². The van der Waals surface area contributed by atoms with Gasteiger partial charge in [-0.15, -0.1) is 0 Å². The predicted molar refractivity (Wildman–Crippen MR) is 89.6 cm³/mol. The predicted octanol–water partition coefficient (Wildman–Crippen LogP) is 4.12. The minimum absolute atomic E-state index is 0.0377. The molecule has 0 fully saturated rings. The Morgan fingerprint density at radius 3 is 2.33 bits per heavy atom. The van der Waals surface area contributed by atoms with Crippen molar-refractivity contribution in [2.45, 2.75) is 52.1 Å². The first kappa shape index (κ1) is 18.4. The molecule has 21 heavy (non-hydrogen) atoms.